The molecule has 4 N–H and O–H groups in total. The topological polar surface area (TPSA) is 141 Å². The Morgan fingerprint density at radius 2 is 0.845 bits per heavy atom. The highest BCUT2D eigenvalue weighted by Gasteiger charge is 2.31. The number of hydrogen-bond acceptors (Lipinski definition) is 8. The first-order valence-electron chi connectivity index (χ1n) is 17.9. The number of anilines is 4. The number of nitrogens with one attached hydrogen (secondary N) is 4. The van der Waals surface area contributed by atoms with Crippen LogP contribution in [0.3, 0.4) is 0 Å². The first kappa shape index (κ1) is 37.5. The second kappa shape index (κ2) is 16.4. The van der Waals surface area contributed by atoms with Gasteiger partial charge in [0.2, 0.25) is 11.6 Å². The van der Waals surface area contributed by atoms with E-state index in [4.69, 9.17) is 23.2 Å². The predicted molar refractivity (Wildman–Crippen MR) is 231 cm³/mol. The largest absolute Gasteiger partial charge is 0.322 e. The van der Waals surface area contributed by atoms with E-state index >= 15 is 0 Å². The molecule has 0 aromatic heterocycles. The third-order valence-electron chi connectivity index (χ3n) is 9.35. The molecule has 10 nitrogen and oxygen atoms in total. The summed E-state index contributed by atoms with van der Waals surface area (Å²) in [6, 6.07) is 42.7. The van der Waals surface area contributed by atoms with Crippen LogP contribution >= 0.6 is 23.2 Å². The molecule has 0 heterocycles. The molecule has 12 heteroatoms. The van der Waals surface area contributed by atoms with Gasteiger partial charge in [0.05, 0.1) is 32.6 Å². The summed E-state index contributed by atoms with van der Waals surface area (Å²) in [5.41, 5.74) is 11.8. The lowest BCUT2D eigenvalue weighted by molar-refractivity contribution is -0.118. The van der Waals surface area contributed by atoms with Crippen molar-refractivity contribution in [2.45, 2.75) is 0 Å². The van der Waals surface area contributed by atoms with Crippen molar-refractivity contribution in [3.05, 3.63) is 189 Å². The molecule has 58 heavy (non-hydrogen) atoms. The fourth-order valence-electron chi connectivity index (χ4n) is 6.42. The zero-order valence-corrected chi connectivity index (χ0v) is 31.8. The number of carbonyl (C=O) groups is 4. The van der Waals surface area contributed by atoms with Crippen LogP contribution in [0.15, 0.2) is 167 Å². The Morgan fingerprint density at radius 1 is 0.466 bits per heavy atom. The van der Waals surface area contributed by atoms with Crippen molar-refractivity contribution in [3.63, 3.8) is 0 Å². The normalized spacial score (nSPS) is 14.5. The van der Waals surface area contributed by atoms with E-state index in [1.807, 2.05) is 48.5 Å². The van der Waals surface area contributed by atoms with Gasteiger partial charge in [0.15, 0.2) is 0 Å². The zero-order chi connectivity index (χ0) is 40.2. The molecule has 2 amide bonds. The highest BCUT2D eigenvalue weighted by atomic mass is 35.5. The molecule has 0 spiro atoms. The van der Waals surface area contributed by atoms with Gasteiger partial charge in [-0.05, 0) is 82.9 Å². The summed E-state index contributed by atoms with van der Waals surface area (Å²) in [5, 5.41) is 15.0. The third kappa shape index (κ3) is 7.83. The van der Waals surface area contributed by atoms with E-state index in [0.29, 0.717) is 55.0 Å². The molecule has 8 rings (SSSR count). The van der Waals surface area contributed by atoms with Crippen LogP contribution in [-0.4, -0.2) is 34.8 Å². The number of amides is 2. The number of hydrazone groups is 2. The Labute approximate surface area is 342 Å². The number of rotatable bonds is 9. The fourth-order valence-corrected chi connectivity index (χ4v) is 6.87. The summed E-state index contributed by atoms with van der Waals surface area (Å²) in [7, 11) is 0. The predicted octanol–water partition coefficient (Wildman–Crippen LogP) is 9.50. The van der Waals surface area contributed by atoms with E-state index in [1.54, 1.807) is 109 Å². The van der Waals surface area contributed by atoms with Crippen LogP contribution in [0, 0.1) is 0 Å². The lowest BCUT2D eigenvalue weighted by atomic mass is 9.89. The highest BCUT2D eigenvalue weighted by molar-refractivity contribution is 6.60. The first-order chi connectivity index (χ1) is 28.2. The van der Waals surface area contributed by atoms with E-state index in [0.717, 1.165) is 11.1 Å². The molecular weight excluding hydrogens is 771 g/mol. The summed E-state index contributed by atoms with van der Waals surface area (Å²) in [6.07, 6.45) is 3.12. The number of Topliss-reactive ketones (excluding diaryl/α,β-unsaturated/α-hetero) is 2. The summed E-state index contributed by atoms with van der Waals surface area (Å²) in [4.78, 5) is 53.7. The van der Waals surface area contributed by atoms with Crippen LogP contribution in [0.2, 0.25) is 10.0 Å². The van der Waals surface area contributed by atoms with Crippen LogP contribution in [-0.2, 0) is 19.2 Å². The van der Waals surface area contributed by atoms with Crippen LogP contribution in [0.1, 0.15) is 22.3 Å². The van der Waals surface area contributed by atoms with Crippen LogP contribution in [0.4, 0.5) is 22.7 Å². The van der Waals surface area contributed by atoms with Gasteiger partial charge in [-0.3, -0.25) is 30.0 Å². The van der Waals surface area contributed by atoms with E-state index in [2.05, 4.69) is 31.7 Å². The van der Waals surface area contributed by atoms with E-state index in [1.165, 1.54) is 0 Å². The third-order valence-corrected chi connectivity index (χ3v) is 9.98. The second-order valence-corrected chi connectivity index (χ2v) is 13.9. The van der Waals surface area contributed by atoms with E-state index < -0.39 is 23.4 Å². The van der Waals surface area contributed by atoms with Gasteiger partial charge >= 0.3 is 0 Å². The molecule has 0 aliphatic heterocycles. The summed E-state index contributed by atoms with van der Waals surface area (Å²) in [5.74, 6) is -2.17. The van der Waals surface area contributed by atoms with Crippen LogP contribution in [0.5, 0.6) is 0 Å². The standard InChI is InChI=1S/C46H30Cl2N6O4/c47-37-25-27(19-21-39(37)51-53-41-33-17-9-7-11-29(33)23-35(43(41)55)45(57)49-31-13-3-1-4-14-31)28-20-22-40(38(48)26-28)52-54-42-34-18-10-8-12-30(34)24-36(44(42)56)46(58)50-32-15-5-2-6-16-32/h1-26,51-52H,(H,49,57)(H,50,58)/b53-41+,54-42+. The Hall–Kier alpha value is -7.40. The van der Waals surface area contributed by atoms with Crippen molar-refractivity contribution >= 4 is 92.9 Å². The Morgan fingerprint density at radius 3 is 1.24 bits per heavy atom. The quantitative estimate of drug-likeness (QED) is 0.0848. The van der Waals surface area contributed by atoms with Crippen LogP contribution < -0.4 is 21.5 Å². The van der Waals surface area contributed by atoms with Gasteiger partial charge in [0.25, 0.3) is 11.8 Å². The fraction of sp³-hybridized carbons (Fsp3) is 0. The maximum Gasteiger partial charge on any atom is 0.259 e. The second-order valence-electron chi connectivity index (χ2n) is 13.1. The van der Waals surface area contributed by atoms with Gasteiger partial charge in [-0.15, -0.1) is 0 Å². The monoisotopic (exact) mass is 800 g/mol. The van der Waals surface area contributed by atoms with Crippen molar-refractivity contribution in [1.29, 1.82) is 0 Å². The zero-order valence-electron chi connectivity index (χ0n) is 30.3. The van der Waals surface area contributed by atoms with Gasteiger partial charge in [0, 0.05) is 22.5 Å². The molecule has 0 saturated heterocycles. The average molecular weight is 802 g/mol. The summed E-state index contributed by atoms with van der Waals surface area (Å²) < 4.78 is 0. The minimum Gasteiger partial charge on any atom is -0.322 e. The SMILES string of the molecule is O=C(Nc1ccccc1)C1=Cc2ccccc2/C(=N\Nc2ccc(-c3ccc(N/N=C4/C(=O)C(C(=O)Nc5ccccc5)=Cc5ccccc54)c(Cl)c3)cc2Cl)C1=O. The molecule has 282 valence electrons. The number of nitrogens with zero attached hydrogens (tertiary/aromatic N) is 2. The average Bonchev–Trinajstić information content (AvgIpc) is 3.24. The van der Waals surface area contributed by atoms with Gasteiger partial charge in [-0.25, -0.2) is 0 Å². The molecule has 0 saturated carbocycles. The van der Waals surface area contributed by atoms with Gasteiger partial charge in [-0.1, -0.05) is 120 Å². The summed E-state index contributed by atoms with van der Waals surface area (Å²) >= 11 is 13.4. The smallest absolute Gasteiger partial charge is 0.259 e. The molecule has 0 fully saturated rings. The van der Waals surface area contributed by atoms with Crippen LogP contribution in [0.25, 0.3) is 23.3 Å². The Balaban J connectivity index is 0.988. The molecule has 2 aliphatic carbocycles. The van der Waals surface area contributed by atoms with Gasteiger partial charge in [-0.2, -0.15) is 10.2 Å². The Kier molecular flexibility index (Phi) is 10.6. The lowest BCUT2D eigenvalue weighted by Gasteiger charge is -2.18. The number of hydrogen-bond donors (Lipinski definition) is 4. The molecule has 6 aromatic rings. The van der Waals surface area contributed by atoms with Crippen molar-refractivity contribution in [3.8, 4) is 11.1 Å². The number of carbonyl (C=O) groups excluding carboxylic acids is 4. The van der Waals surface area contributed by atoms with E-state index in [-0.39, 0.29) is 22.6 Å². The highest BCUT2D eigenvalue weighted by Crippen LogP contribution is 2.34. The molecule has 2 aliphatic rings. The molecule has 0 unspecified atom stereocenters. The summed E-state index contributed by atoms with van der Waals surface area (Å²) in [6.45, 7) is 0. The van der Waals surface area contributed by atoms with E-state index in [9.17, 15) is 19.2 Å². The lowest BCUT2D eigenvalue weighted by Crippen LogP contribution is -2.30. The number of benzene rings is 6. The molecule has 0 atom stereocenters. The van der Waals surface area contributed by atoms with Gasteiger partial charge in [0.1, 0.15) is 11.4 Å². The van der Waals surface area contributed by atoms with Crippen molar-refractivity contribution in [2.24, 2.45) is 10.2 Å². The Bertz CT molecular complexity index is 2590. The van der Waals surface area contributed by atoms with Crippen molar-refractivity contribution in [1.82, 2.24) is 0 Å². The first-order valence-corrected chi connectivity index (χ1v) is 18.7. The molecule has 6 aromatic carbocycles. The maximum atomic E-state index is 13.6. The van der Waals surface area contributed by atoms with Crippen molar-refractivity contribution < 1.29 is 19.2 Å². The number of ketones is 2. The molecule has 0 radical (unpaired) electrons. The maximum absolute atomic E-state index is 13.6. The minimum absolute atomic E-state index is 0.0475. The number of para-hydroxylation sites is 2. The number of fused-ring (bicyclic) bond motifs is 2. The minimum atomic E-state index is -0.546. The van der Waals surface area contributed by atoms with Crippen molar-refractivity contribution in [2.75, 3.05) is 21.5 Å². The molecule has 0 bridgehead atoms. The number of halogens is 2. The van der Waals surface area contributed by atoms with Gasteiger partial charge < -0.3 is 10.6 Å². The molecular formula is C46H30Cl2N6O4.